The van der Waals surface area contributed by atoms with Gasteiger partial charge in [0, 0.05) is 12.3 Å². The summed E-state index contributed by atoms with van der Waals surface area (Å²) in [4.78, 5) is 3.82. The number of methoxy groups -OCH3 is 1. The van der Waals surface area contributed by atoms with Crippen LogP contribution in [0.5, 0.6) is 5.88 Å². The first kappa shape index (κ1) is 4.75. The largest absolute Gasteiger partial charge is 0.481 e. The van der Waals surface area contributed by atoms with Crippen molar-refractivity contribution in [3.05, 3.63) is 23.9 Å². The normalized spacial score (nSPS) is 15.4. The van der Waals surface area contributed by atoms with Crippen molar-refractivity contribution in [3.63, 3.8) is 0 Å². The van der Waals surface area contributed by atoms with Crippen LogP contribution in [0.15, 0.2) is 18.3 Å². The third-order valence-corrected chi connectivity index (χ3v) is 1.53. The van der Waals surface area contributed by atoms with Crippen molar-refractivity contribution in [2.45, 2.75) is 19.8 Å². The fourth-order valence-corrected chi connectivity index (χ4v) is 0.840. The average molecular weight is 154 g/mol. The van der Waals surface area contributed by atoms with Gasteiger partial charge in [0.2, 0.25) is 5.88 Å². The number of rotatable bonds is 2. The van der Waals surface area contributed by atoms with Gasteiger partial charge in [0.25, 0.3) is 0 Å². The number of hydrogen-bond donors (Lipinski definition) is 0. The van der Waals surface area contributed by atoms with Crippen LogP contribution in [0.25, 0.3) is 0 Å². The van der Waals surface area contributed by atoms with Crippen LogP contribution in [-0.4, -0.2) is 12.0 Å². The Morgan fingerprint density at radius 3 is 3.09 bits per heavy atom. The Kier molecular flexibility index (Phi) is 1.46. The monoisotopic (exact) mass is 154 g/mol. The Morgan fingerprint density at radius 2 is 2.45 bits per heavy atom. The summed E-state index contributed by atoms with van der Waals surface area (Å²) in [7, 11) is -2.43. The number of nitrogens with zero attached hydrogens (tertiary/aromatic N) is 1. The lowest BCUT2D eigenvalue weighted by molar-refractivity contribution is 0.397. The smallest absolute Gasteiger partial charge is 0.213 e. The first-order valence-corrected chi connectivity index (χ1v) is 3.53. The molecule has 0 amide bonds. The standard InChI is InChI=1S/C9H13NO/c1-7(2)8-4-5-10-9(6-8)11-3/h4-7H,1-3H3/i3D3. The second kappa shape index (κ2) is 3.37. The maximum absolute atomic E-state index is 6.92. The van der Waals surface area contributed by atoms with Crippen LogP contribution in [0.3, 0.4) is 0 Å². The van der Waals surface area contributed by atoms with Crippen LogP contribution < -0.4 is 4.74 Å². The number of ether oxygens (including phenoxy) is 1. The molecule has 2 nitrogen and oxygen atoms in total. The average Bonchev–Trinajstić information content (AvgIpc) is 2.01. The zero-order valence-corrected chi connectivity index (χ0v) is 6.66. The SMILES string of the molecule is [2H]C([2H])([2H])Oc1cc(C(C)C)ccn1. The first-order chi connectivity index (χ1) is 6.38. The number of pyridine rings is 1. The molecule has 0 aliphatic carbocycles. The summed E-state index contributed by atoms with van der Waals surface area (Å²) in [5, 5.41) is 0. The van der Waals surface area contributed by atoms with Crippen molar-refractivity contribution in [2.75, 3.05) is 7.04 Å². The van der Waals surface area contributed by atoms with Gasteiger partial charge < -0.3 is 4.74 Å². The van der Waals surface area contributed by atoms with E-state index in [-0.39, 0.29) is 5.88 Å². The summed E-state index contributed by atoms with van der Waals surface area (Å²) in [5.41, 5.74) is 1.01. The van der Waals surface area contributed by atoms with Crippen LogP contribution in [0.2, 0.25) is 0 Å². The summed E-state index contributed by atoms with van der Waals surface area (Å²) in [5.74, 6) is 0.480. The lowest BCUT2D eigenvalue weighted by Crippen LogP contribution is -1.91. The van der Waals surface area contributed by atoms with Crippen molar-refractivity contribution in [3.8, 4) is 5.88 Å². The molecule has 1 aromatic rings. The van der Waals surface area contributed by atoms with E-state index in [1.165, 1.54) is 0 Å². The molecule has 1 rings (SSSR count). The lowest BCUT2D eigenvalue weighted by Gasteiger charge is -2.05. The van der Waals surface area contributed by atoms with Crippen LogP contribution >= 0.6 is 0 Å². The molecule has 1 aromatic heterocycles. The van der Waals surface area contributed by atoms with Gasteiger partial charge in [0.05, 0.1) is 11.2 Å². The molecule has 11 heavy (non-hydrogen) atoms. The number of aromatic nitrogens is 1. The predicted molar refractivity (Wildman–Crippen MR) is 44.9 cm³/mol. The van der Waals surface area contributed by atoms with Gasteiger partial charge in [0.1, 0.15) is 0 Å². The van der Waals surface area contributed by atoms with Crippen molar-refractivity contribution >= 4 is 0 Å². The summed E-state index contributed by atoms with van der Waals surface area (Å²) in [6.07, 6.45) is 1.55. The molecule has 0 saturated heterocycles. The minimum absolute atomic E-state index is 0.149. The van der Waals surface area contributed by atoms with Gasteiger partial charge in [0.15, 0.2) is 0 Å². The van der Waals surface area contributed by atoms with Crippen molar-refractivity contribution in [2.24, 2.45) is 0 Å². The van der Waals surface area contributed by atoms with Crippen molar-refractivity contribution in [1.29, 1.82) is 0 Å². The van der Waals surface area contributed by atoms with E-state index in [1.807, 2.05) is 19.9 Å². The summed E-state index contributed by atoms with van der Waals surface area (Å²) < 4.78 is 25.4. The molecule has 0 N–H and O–H groups in total. The topological polar surface area (TPSA) is 22.1 Å². The maximum atomic E-state index is 6.92. The van der Waals surface area contributed by atoms with Gasteiger partial charge in [-0.05, 0) is 17.5 Å². The molecular formula is C9H13NO. The summed E-state index contributed by atoms with van der Waals surface area (Å²) >= 11 is 0. The minimum atomic E-state index is -2.43. The molecule has 60 valence electrons. The predicted octanol–water partition coefficient (Wildman–Crippen LogP) is 2.21. The van der Waals surface area contributed by atoms with E-state index >= 15 is 0 Å². The molecule has 0 saturated carbocycles. The minimum Gasteiger partial charge on any atom is -0.481 e. The zero-order valence-electron chi connectivity index (χ0n) is 9.66. The van der Waals surface area contributed by atoms with E-state index < -0.39 is 7.04 Å². The molecule has 0 aliphatic rings. The number of hydrogen-bond acceptors (Lipinski definition) is 2. The quantitative estimate of drug-likeness (QED) is 0.651. The molecule has 0 fully saturated rings. The Labute approximate surface area is 71.4 Å². The van der Waals surface area contributed by atoms with Crippen LogP contribution in [0, 0.1) is 0 Å². The molecule has 2 heteroatoms. The molecule has 0 bridgehead atoms. The van der Waals surface area contributed by atoms with E-state index in [9.17, 15) is 0 Å². The van der Waals surface area contributed by atoms with Crippen molar-refractivity contribution in [1.82, 2.24) is 4.98 Å². The van der Waals surface area contributed by atoms with E-state index in [4.69, 9.17) is 4.11 Å². The van der Waals surface area contributed by atoms with E-state index in [1.54, 1.807) is 12.3 Å². The Balaban J connectivity index is 2.84. The van der Waals surface area contributed by atoms with Gasteiger partial charge >= 0.3 is 0 Å². The molecule has 1 heterocycles. The van der Waals surface area contributed by atoms with Crippen molar-refractivity contribution < 1.29 is 8.85 Å². The molecule has 0 aliphatic heterocycles. The third-order valence-electron chi connectivity index (χ3n) is 1.53. The van der Waals surface area contributed by atoms with Crippen LogP contribution in [-0.2, 0) is 0 Å². The van der Waals surface area contributed by atoms with Crippen LogP contribution in [0.1, 0.15) is 29.4 Å². The summed E-state index contributed by atoms with van der Waals surface area (Å²) in [6, 6.07) is 3.49. The second-order valence-electron chi connectivity index (χ2n) is 2.68. The van der Waals surface area contributed by atoms with Gasteiger partial charge in [-0.15, -0.1) is 0 Å². The fraction of sp³-hybridized carbons (Fsp3) is 0.444. The highest BCUT2D eigenvalue weighted by molar-refractivity contribution is 5.22. The summed E-state index contributed by atoms with van der Waals surface area (Å²) in [6.45, 7) is 4.04. The highest BCUT2D eigenvalue weighted by Crippen LogP contribution is 2.16. The van der Waals surface area contributed by atoms with Gasteiger partial charge in [-0.1, -0.05) is 13.8 Å². The third kappa shape index (κ3) is 1.93. The Hall–Kier alpha value is -1.05. The molecule has 0 atom stereocenters. The fourth-order valence-electron chi connectivity index (χ4n) is 0.840. The van der Waals surface area contributed by atoms with Gasteiger partial charge in [-0.25, -0.2) is 4.98 Å². The van der Waals surface area contributed by atoms with E-state index in [0.29, 0.717) is 5.92 Å². The highest BCUT2D eigenvalue weighted by atomic mass is 16.5. The Morgan fingerprint density at radius 1 is 1.64 bits per heavy atom. The maximum Gasteiger partial charge on any atom is 0.213 e. The lowest BCUT2D eigenvalue weighted by atomic mass is 10.1. The highest BCUT2D eigenvalue weighted by Gasteiger charge is 1.99. The molecule has 0 spiro atoms. The van der Waals surface area contributed by atoms with E-state index in [2.05, 4.69) is 9.72 Å². The Bertz CT molecular complexity index is 309. The van der Waals surface area contributed by atoms with Crippen LogP contribution in [0.4, 0.5) is 0 Å². The van der Waals surface area contributed by atoms with E-state index in [0.717, 1.165) is 5.56 Å². The molecule has 0 radical (unpaired) electrons. The first-order valence-electron chi connectivity index (χ1n) is 5.03. The zero-order chi connectivity index (χ0) is 10.8. The molecule has 0 unspecified atom stereocenters. The van der Waals surface area contributed by atoms with Gasteiger partial charge in [-0.2, -0.15) is 0 Å². The molecule has 0 aromatic carbocycles. The molecular weight excluding hydrogens is 138 g/mol. The second-order valence-corrected chi connectivity index (χ2v) is 2.68. The van der Waals surface area contributed by atoms with Gasteiger partial charge in [-0.3, -0.25) is 0 Å².